The fourth-order valence-corrected chi connectivity index (χ4v) is 3.54. The average molecular weight is 428 g/mol. The van der Waals surface area contributed by atoms with Crippen molar-refractivity contribution in [3.63, 3.8) is 0 Å². The summed E-state index contributed by atoms with van der Waals surface area (Å²) in [7, 11) is 1.83. The molecule has 0 spiro atoms. The number of alkyl halides is 3. The molecule has 5 nitrogen and oxygen atoms in total. The molecule has 1 saturated carbocycles. The van der Waals surface area contributed by atoms with Gasteiger partial charge in [-0.25, -0.2) is 0 Å². The van der Waals surface area contributed by atoms with Crippen LogP contribution in [0.3, 0.4) is 0 Å². The van der Waals surface area contributed by atoms with Gasteiger partial charge in [0, 0.05) is 24.7 Å². The molecule has 1 fully saturated rings. The average Bonchev–Trinajstić information content (AvgIpc) is 3.23. The monoisotopic (exact) mass is 428 g/mol. The van der Waals surface area contributed by atoms with Gasteiger partial charge in [-0.2, -0.15) is 13.2 Å². The van der Waals surface area contributed by atoms with Gasteiger partial charge in [-0.05, 0) is 35.4 Å². The van der Waals surface area contributed by atoms with Crippen LogP contribution in [0, 0.1) is 0 Å². The molecule has 1 amide bonds. The zero-order chi connectivity index (χ0) is 22.0. The molecule has 0 unspecified atom stereocenters. The summed E-state index contributed by atoms with van der Waals surface area (Å²) in [6, 6.07) is 10.9. The first-order valence-corrected chi connectivity index (χ1v) is 10.3. The third kappa shape index (κ3) is 4.47. The summed E-state index contributed by atoms with van der Waals surface area (Å²) in [5.41, 5.74) is 0.815. The van der Waals surface area contributed by atoms with Gasteiger partial charge in [0.25, 0.3) is 5.91 Å². The number of aryl methyl sites for hydroxylation is 1. The van der Waals surface area contributed by atoms with Gasteiger partial charge in [0.15, 0.2) is 0 Å². The number of hydrogen-bond donors (Lipinski definition) is 0. The van der Waals surface area contributed by atoms with Gasteiger partial charge in [-0.3, -0.25) is 4.79 Å². The molecule has 8 heteroatoms. The second-order valence-electron chi connectivity index (χ2n) is 7.84. The van der Waals surface area contributed by atoms with Gasteiger partial charge in [-0.15, -0.1) is 10.2 Å². The minimum Gasteiger partial charge on any atom is -0.320 e. The second kappa shape index (κ2) is 8.53. The summed E-state index contributed by atoms with van der Waals surface area (Å²) in [5, 5.41) is 7.86. The molecule has 1 aliphatic carbocycles. The number of nitrogens with zero attached hydrogens (tertiary/aromatic N) is 4. The number of benzene rings is 2. The Morgan fingerprint density at radius 2 is 1.74 bits per heavy atom. The molecule has 0 saturated heterocycles. The molecule has 0 N–H and O–H groups in total. The number of fused-ring (bicyclic) bond motifs is 1. The van der Waals surface area contributed by atoms with Crippen molar-refractivity contribution in [3.05, 3.63) is 76.9 Å². The van der Waals surface area contributed by atoms with Crippen LogP contribution in [0.2, 0.25) is 0 Å². The number of hydrogen-bond acceptors (Lipinski definition) is 3. The lowest BCUT2D eigenvalue weighted by atomic mass is 10.0. The molecule has 162 valence electrons. The summed E-state index contributed by atoms with van der Waals surface area (Å²) in [6.45, 7) is -0.0999. The van der Waals surface area contributed by atoms with E-state index < -0.39 is 17.6 Å². The highest BCUT2D eigenvalue weighted by atomic mass is 19.4. The molecule has 3 aromatic rings. The van der Waals surface area contributed by atoms with E-state index in [-0.39, 0.29) is 17.7 Å². The van der Waals surface area contributed by atoms with Crippen LogP contribution in [-0.2, 0) is 26.2 Å². The highest BCUT2D eigenvalue weighted by Crippen LogP contribution is 2.38. The number of carbonyl (C=O) groups is 1. The predicted molar refractivity (Wildman–Crippen MR) is 111 cm³/mol. The van der Waals surface area contributed by atoms with E-state index in [0.29, 0.717) is 12.1 Å². The summed E-state index contributed by atoms with van der Waals surface area (Å²) < 4.78 is 41.6. The number of rotatable bonds is 3. The van der Waals surface area contributed by atoms with Crippen LogP contribution in [0.1, 0.15) is 58.6 Å². The third-order valence-corrected chi connectivity index (χ3v) is 5.66. The summed E-state index contributed by atoms with van der Waals surface area (Å²) in [4.78, 5) is 14.1. The van der Waals surface area contributed by atoms with Gasteiger partial charge < -0.3 is 9.47 Å². The minimum absolute atomic E-state index is 0.0219. The third-order valence-electron chi connectivity index (χ3n) is 5.66. The van der Waals surface area contributed by atoms with Crippen molar-refractivity contribution in [2.75, 3.05) is 4.90 Å². The van der Waals surface area contributed by atoms with Gasteiger partial charge >= 0.3 is 6.18 Å². The Morgan fingerprint density at radius 1 is 1.03 bits per heavy atom. The molecule has 31 heavy (non-hydrogen) atoms. The smallest absolute Gasteiger partial charge is 0.320 e. The first kappa shape index (κ1) is 21.1. The molecule has 2 heterocycles. The van der Waals surface area contributed by atoms with Crippen LogP contribution < -0.4 is 4.90 Å². The quantitative estimate of drug-likeness (QED) is 0.580. The van der Waals surface area contributed by atoms with Crippen molar-refractivity contribution in [1.82, 2.24) is 14.8 Å². The zero-order valence-electron chi connectivity index (χ0n) is 17.2. The number of aromatic nitrogens is 3. The topological polar surface area (TPSA) is 51.0 Å². The Kier molecular flexibility index (Phi) is 5.80. The maximum absolute atomic E-state index is 13.3. The molecule has 1 aromatic heterocycles. The molecule has 1 aliphatic heterocycles. The van der Waals surface area contributed by atoms with E-state index in [1.807, 2.05) is 13.1 Å². The van der Waals surface area contributed by atoms with E-state index in [0.717, 1.165) is 17.5 Å². The van der Waals surface area contributed by atoms with E-state index in [1.165, 1.54) is 42.7 Å². The molecule has 0 radical (unpaired) electrons. The first-order chi connectivity index (χ1) is 14.8. The zero-order valence-corrected chi connectivity index (χ0v) is 17.2. The van der Waals surface area contributed by atoms with Crippen LogP contribution in [0.5, 0.6) is 0 Å². The SMILES string of the molecule is C1CCC1.Cn1cnnc1Cc1cccc(N2Cc3c(cccc3C(F)(F)F)C2=O)c1. The lowest BCUT2D eigenvalue weighted by molar-refractivity contribution is -0.138. The number of anilines is 1. The lowest BCUT2D eigenvalue weighted by Crippen LogP contribution is -2.23. The number of amides is 1. The number of halogens is 3. The van der Waals surface area contributed by atoms with Crippen molar-refractivity contribution in [3.8, 4) is 0 Å². The molecule has 0 bridgehead atoms. The largest absolute Gasteiger partial charge is 0.416 e. The second-order valence-corrected chi connectivity index (χ2v) is 7.84. The van der Waals surface area contributed by atoms with Crippen LogP contribution in [0.15, 0.2) is 48.8 Å². The maximum Gasteiger partial charge on any atom is 0.416 e. The van der Waals surface area contributed by atoms with Gasteiger partial charge in [0.05, 0.1) is 12.1 Å². The van der Waals surface area contributed by atoms with Crippen molar-refractivity contribution in [1.29, 1.82) is 0 Å². The Hall–Kier alpha value is -3.16. The Balaban J connectivity index is 0.000000520. The first-order valence-electron chi connectivity index (χ1n) is 10.3. The van der Waals surface area contributed by atoms with E-state index >= 15 is 0 Å². The van der Waals surface area contributed by atoms with Crippen LogP contribution in [0.4, 0.5) is 18.9 Å². The Bertz CT molecular complexity index is 1080. The Labute approximate surface area is 178 Å². The van der Waals surface area contributed by atoms with Gasteiger partial charge in [0.2, 0.25) is 0 Å². The van der Waals surface area contributed by atoms with Crippen LogP contribution >= 0.6 is 0 Å². The highest BCUT2D eigenvalue weighted by Gasteiger charge is 2.39. The molecule has 2 aromatic carbocycles. The molecule has 5 rings (SSSR count). The van der Waals surface area contributed by atoms with Crippen molar-refractivity contribution < 1.29 is 18.0 Å². The van der Waals surface area contributed by atoms with Crippen molar-refractivity contribution >= 4 is 11.6 Å². The molecule has 2 aliphatic rings. The van der Waals surface area contributed by atoms with E-state index in [2.05, 4.69) is 10.2 Å². The van der Waals surface area contributed by atoms with Crippen LogP contribution in [-0.4, -0.2) is 20.7 Å². The van der Waals surface area contributed by atoms with Crippen molar-refractivity contribution in [2.24, 2.45) is 7.05 Å². The van der Waals surface area contributed by atoms with Crippen LogP contribution in [0.25, 0.3) is 0 Å². The van der Waals surface area contributed by atoms with E-state index in [1.54, 1.807) is 29.1 Å². The Morgan fingerprint density at radius 3 is 2.35 bits per heavy atom. The fourth-order valence-electron chi connectivity index (χ4n) is 3.54. The van der Waals surface area contributed by atoms with Crippen molar-refractivity contribution in [2.45, 2.75) is 44.8 Å². The predicted octanol–water partition coefficient (Wildman–Crippen LogP) is 5.15. The molecule has 0 atom stereocenters. The standard InChI is InChI=1S/C19H15F3N4O.C4H8/c1-25-11-23-24-17(25)9-12-4-2-5-13(8-12)26-10-15-14(18(26)27)6-3-7-16(15)19(20,21)22;1-2-4-3-1/h2-8,11H,9-10H2,1H3;1-4H2. The normalized spacial score (nSPS) is 15.2. The lowest BCUT2D eigenvalue weighted by Gasteiger charge is -2.17. The fraction of sp³-hybridized carbons (Fsp3) is 0.348. The molecular formula is C23H23F3N4O. The number of carbonyl (C=O) groups excluding carboxylic acids is 1. The highest BCUT2D eigenvalue weighted by molar-refractivity contribution is 6.10. The minimum atomic E-state index is -4.49. The van der Waals surface area contributed by atoms with E-state index in [4.69, 9.17) is 0 Å². The summed E-state index contributed by atoms with van der Waals surface area (Å²) >= 11 is 0. The maximum atomic E-state index is 13.3. The van der Waals surface area contributed by atoms with Gasteiger partial charge in [0.1, 0.15) is 12.2 Å². The molecular weight excluding hydrogens is 405 g/mol. The summed E-state index contributed by atoms with van der Waals surface area (Å²) in [6.07, 6.45) is 3.61. The van der Waals surface area contributed by atoms with E-state index in [9.17, 15) is 18.0 Å². The van der Waals surface area contributed by atoms with Gasteiger partial charge in [-0.1, -0.05) is 43.9 Å². The summed E-state index contributed by atoms with van der Waals surface area (Å²) in [5.74, 6) is 0.328.